The van der Waals surface area contributed by atoms with Crippen LogP contribution in [0.15, 0.2) is 30.6 Å². The third-order valence-corrected chi connectivity index (χ3v) is 5.06. The molecule has 1 N–H and O–H groups in total. The Labute approximate surface area is 132 Å². The number of hydrogen-bond acceptors (Lipinski definition) is 3. The maximum atomic E-state index is 4.57. The number of piperazine rings is 1. The molecular weight excluding hydrogens is 272 g/mol. The number of benzene rings is 1. The molecule has 1 atom stereocenters. The van der Waals surface area contributed by atoms with E-state index in [0.29, 0.717) is 6.04 Å². The van der Waals surface area contributed by atoms with Crippen molar-refractivity contribution in [2.75, 3.05) is 19.6 Å². The van der Waals surface area contributed by atoms with Crippen molar-refractivity contribution in [1.29, 1.82) is 0 Å². The highest BCUT2D eigenvalue weighted by molar-refractivity contribution is 5.35. The van der Waals surface area contributed by atoms with Gasteiger partial charge in [0.1, 0.15) is 5.82 Å². The Kier molecular flexibility index (Phi) is 3.72. The lowest BCUT2D eigenvalue weighted by atomic mass is 10.0. The molecule has 22 heavy (non-hydrogen) atoms. The molecule has 2 heterocycles. The van der Waals surface area contributed by atoms with Gasteiger partial charge < -0.3 is 9.88 Å². The summed E-state index contributed by atoms with van der Waals surface area (Å²) in [7, 11) is 2.09. The first-order chi connectivity index (χ1) is 10.8. The molecule has 2 aliphatic rings. The molecule has 0 spiro atoms. The van der Waals surface area contributed by atoms with Crippen molar-refractivity contribution in [1.82, 2.24) is 19.8 Å². The third kappa shape index (κ3) is 2.57. The van der Waals surface area contributed by atoms with Crippen LogP contribution in [-0.4, -0.2) is 34.1 Å². The molecule has 1 aliphatic carbocycles. The van der Waals surface area contributed by atoms with E-state index in [2.05, 4.69) is 45.0 Å². The lowest BCUT2D eigenvalue weighted by molar-refractivity contribution is 0.144. The van der Waals surface area contributed by atoms with E-state index in [-0.39, 0.29) is 0 Å². The Morgan fingerprint density at radius 2 is 2.18 bits per heavy atom. The summed E-state index contributed by atoms with van der Waals surface area (Å²) in [4.78, 5) is 7.14. The fraction of sp³-hybridized carbons (Fsp3) is 0.500. The van der Waals surface area contributed by atoms with Crippen LogP contribution in [0.25, 0.3) is 0 Å². The van der Waals surface area contributed by atoms with E-state index in [1.54, 1.807) is 11.1 Å². The normalized spacial score (nSPS) is 22.0. The highest BCUT2D eigenvalue weighted by Gasteiger charge is 2.26. The number of fused-ring (bicyclic) bond motifs is 1. The van der Waals surface area contributed by atoms with Gasteiger partial charge in [0.25, 0.3) is 0 Å². The predicted octanol–water partition coefficient (Wildman–Crippen LogP) is 2.06. The van der Waals surface area contributed by atoms with E-state index >= 15 is 0 Å². The number of aromatic nitrogens is 2. The minimum Gasteiger partial charge on any atom is -0.337 e. The summed E-state index contributed by atoms with van der Waals surface area (Å²) in [6.07, 6.45) is 7.78. The van der Waals surface area contributed by atoms with Crippen LogP contribution in [0.2, 0.25) is 0 Å². The molecule has 0 radical (unpaired) electrons. The molecule has 1 aromatic carbocycles. The number of imidazole rings is 1. The van der Waals surface area contributed by atoms with Gasteiger partial charge in [0.05, 0.1) is 6.04 Å². The van der Waals surface area contributed by atoms with Crippen molar-refractivity contribution >= 4 is 0 Å². The van der Waals surface area contributed by atoms with Crippen molar-refractivity contribution < 1.29 is 0 Å². The summed E-state index contributed by atoms with van der Waals surface area (Å²) in [6.45, 7) is 4.14. The molecule has 0 saturated carbocycles. The average molecular weight is 296 g/mol. The Balaban J connectivity index is 1.56. The topological polar surface area (TPSA) is 33.1 Å². The van der Waals surface area contributed by atoms with Crippen LogP contribution in [0.5, 0.6) is 0 Å². The van der Waals surface area contributed by atoms with Gasteiger partial charge >= 0.3 is 0 Å². The molecule has 1 unspecified atom stereocenters. The van der Waals surface area contributed by atoms with Crippen LogP contribution in [0.1, 0.15) is 35.0 Å². The Hall–Kier alpha value is -1.65. The number of aryl methyl sites for hydroxylation is 3. The maximum Gasteiger partial charge on any atom is 0.127 e. The molecule has 4 heteroatoms. The summed E-state index contributed by atoms with van der Waals surface area (Å²) in [5.74, 6) is 1.16. The second-order valence-corrected chi connectivity index (χ2v) is 6.54. The van der Waals surface area contributed by atoms with E-state index in [9.17, 15) is 0 Å². The molecule has 4 rings (SSSR count). The summed E-state index contributed by atoms with van der Waals surface area (Å²) >= 11 is 0. The summed E-state index contributed by atoms with van der Waals surface area (Å²) in [5, 5.41) is 3.51. The second kappa shape index (κ2) is 5.86. The van der Waals surface area contributed by atoms with E-state index in [1.807, 2.05) is 12.4 Å². The number of nitrogens with zero attached hydrogens (tertiary/aromatic N) is 3. The summed E-state index contributed by atoms with van der Waals surface area (Å²) in [5.41, 5.74) is 4.58. The molecule has 0 amide bonds. The van der Waals surface area contributed by atoms with E-state index < -0.39 is 0 Å². The first-order valence-electron chi connectivity index (χ1n) is 8.34. The lowest BCUT2D eigenvalue weighted by Crippen LogP contribution is -2.46. The van der Waals surface area contributed by atoms with Crippen LogP contribution in [-0.2, 0) is 26.4 Å². The number of rotatable bonds is 3. The first kappa shape index (κ1) is 14.0. The zero-order valence-corrected chi connectivity index (χ0v) is 13.3. The SMILES string of the molecule is Cn1ccnc1C1CNCCN1Cc1ccc2c(c1)CCC2. The second-order valence-electron chi connectivity index (χ2n) is 6.54. The molecule has 116 valence electrons. The lowest BCUT2D eigenvalue weighted by Gasteiger charge is -2.35. The molecule has 0 bridgehead atoms. The Morgan fingerprint density at radius 3 is 3.05 bits per heavy atom. The fourth-order valence-corrected chi connectivity index (χ4v) is 3.85. The molecule has 1 aromatic heterocycles. The molecule has 4 nitrogen and oxygen atoms in total. The molecule has 2 aromatic rings. The molecular formula is C18H24N4. The van der Waals surface area contributed by atoms with Crippen LogP contribution >= 0.6 is 0 Å². The van der Waals surface area contributed by atoms with Crippen LogP contribution in [0.3, 0.4) is 0 Å². The van der Waals surface area contributed by atoms with E-state index in [4.69, 9.17) is 0 Å². The summed E-state index contributed by atoms with van der Waals surface area (Å²) in [6, 6.07) is 7.46. The van der Waals surface area contributed by atoms with Crippen molar-refractivity contribution in [3.63, 3.8) is 0 Å². The highest BCUT2D eigenvalue weighted by Crippen LogP contribution is 2.26. The minimum absolute atomic E-state index is 0.363. The maximum absolute atomic E-state index is 4.57. The number of nitrogens with one attached hydrogen (secondary N) is 1. The van der Waals surface area contributed by atoms with Crippen LogP contribution < -0.4 is 5.32 Å². The van der Waals surface area contributed by atoms with Crippen LogP contribution in [0, 0.1) is 0 Å². The van der Waals surface area contributed by atoms with Gasteiger partial charge in [0, 0.05) is 45.6 Å². The van der Waals surface area contributed by atoms with Gasteiger partial charge in [-0.15, -0.1) is 0 Å². The van der Waals surface area contributed by atoms with Crippen molar-refractivity contribution in [3.05, 3.63) is 53.1 Å². The van der Waals surface area contributed by atoms with E-state index in [0.717, 1.165) is 32.0 Å². The quantitative estimate of drug-likeness (QED) is 0.941. The van der Waals surface area contributed by atoms with Crippen molar-refractivity contribution in [2.24, 2.45) is 7.05 Å². The van der Waals surface area contributed by atoms with Gasteiger partial charge in [-0.2, -0.15) is 0 Å². The molecule has 1 saturated heterocycles. The smallest absolute Gasteiger partial charge is 0.127 e. The third-order valence-electron chi connectivity index (χ3n) is 5.06. The monoisotopic (exact) mass is 296 g/mol. The van der Waals surface area contributed by atoms with Crippen LogP contribution in [0.4, 0.5) is 0 Å². The van der Waals surface area contributed by atoms with Gasteiger partial charge in [0.15, 0.2) is 0 Å². The molecule has 1 aliphatic heterocycles. The van der Waals surface area contributed by atoms with Gasteiger partial charge in [-0.3, -0.25) is 4.90 Å². The van der Waals surface area contributed by atoms with Gasteiger partial charge in [-0.1, -0.05) is 18.2 Å². The zero-order valence-electron chi connectivity index (χ0n) is 13.3. The highest BCUT2D eigenvalue weighted by atomic mass is 15.3. The Bertz CT molecular complexity index is 661. The predicted molar refractivity (Wildman–Crippen MR) is 87.7 cm³/mol. The Morgan fingerprint density at radius 1 is 1.27 bits per heavy atom. The van der Waals surface area contributed by atoms with Gasteiger partial charge in [-0.25, -0.2) is 4.98 Å². The summed E-state index contributed by atoms with van der Waals surface area (Å²) < 4.78 is 2.15. The minimum atomic E-state index is 0.363. The number of hydrogen-bond donors (Lipinski definition) is 1. The average Bonchev–Trinajstić information content (AvgIpc) is 3.16. The zero-order chi connectivity index (χ0) is 14.9. The van der Waals surface area contributed by atoms with E-state index in [1.165, 1.54) is 24.8 Å². The van der Waals surface area contributed by atoms with Gasteiger partial charge in [0.2, 0.25) is 0 Å². The van der Waals surface area contributed by atoms with Gasteiger partial charge in [-0.05, 0) is 36.0 Å². The fourth-order valence-electron chi connectivity index (χ4n) is 3.85. The first-order valence-corrected chi connectivity index (χ1v) is 8.34. The largest absolute Gasteiger partial charge is 0.337 e. The van der Waals surface area contributed by atoms with Crippen molar-refractivity contribution in [3.8, 4) is 0 Å². The molecule has 1 fully saturated rings. The standard InChI is InChI=1S/C18H24N4/c1-21-9-8-20-18(21)17-12-19-7-10-22(17)13-14-5-6-15-3-2-4-16(15)11-14/h5-6,8-9,11,17,19H,2-4,7,10,12-13H2,1H3. The van der Waals surface area contributed by atoms with Crippen molar-refractivity contribution in [2.45, 2.75) is 31.8 Å².